The summed E-state index contributed by atoms with van der Waals surface area (Å²) in [5.74, 6) is -0.492. The predicted octanol–water partition coefficient (Wildman–Crippen LogP) is 2.62. The third kappa shape index (κ3) is 8.15. The Bertz CT molecular complexity index is 961. The summed E-state index contributed by atoms with van der Waals surface area (Å²) in [6.07, 6.45) is 3.35. The highest BCUT2D eigenvalue weighted by atomic mass is 16.5. The van der Waals surface area contributed by atoms with E-state index in [9.17, 15) is 14.4 Å². The molecule has 1 aromatic heterocycles. The Balaban J connectivity index is 1.73. The van der Waals surface area contributed by atoms with Gasteiger partial charge in [0.15, 0.2) is 0 Å². The topological polar surface area (TPSA) is 110 Å². The molecular formula is C26H34N4O5. The first-order valence-corrected chi connectivity index (χ1v) is 11.9. The number of ether oxygens (including phenoxy) is 2. The number of hydrogen-bond donors (Lipinski definition) is 2. The number of benzene rings is 1. The quantitative estimate of drug-likeness (QED) is 0.481. The number of pyridine rings is 1. The van der Waals surface area contributed by atoms with Gasteiger partial charge in [0.05, 0.1) is 12.7 Å². The summed E-state index contributed by atoms with van der Waals surface area (Å²) < 4.78 is 10.8. The summed E-state index contributed by atoms with van der Waals surface area (Å²) in [7, 11) is 1.54. The van der Waals surface area contributed by atoms with Crippen molar-refractivity contribution in [1.29, 1.82) is 0 Å². The lowest BCUT2D eigenvalue weighted by Gasteiger charge is -2.31. The van der Waals surface area contributed by atoms with Gasteiger partial charge < -0.3 is 25.0 Å². The molecule has 1 aliphatic rings. The molecular weight excluding hydrogens is 448 g/mol. The van der Waals surface area contributed by atoms with E-state index in [0.717, 1.165) is 18.4 Å². The summed E-state index contributed by atoms with van der Waals surface area (Å²) in [4.78, 5) is 44.6. The molecule has 188 valence electrons. The molecule has 2 atom stereocenters. The second-order valence-electron chi connectivity index (χ2n) is 8.54. The van der Waals surface area contributed by atoms with Crippen LogP contribution in [0.4, 0.5) is 5.82 Å². The van der Waals surface area contributed by atoms with Gasteiger partial charge in [-0.15, -0.1) is 0 Å². The van der Waals surface area contributed by atoms with Crippen molar-refractivity contribution in [3.8, 4) is 0 Å². The standard InChI is InChI=1S/C26H34N4O5/c1-19-8-10-20(11-9-19)25(26(33)28-18-21-6-5-16-35-21)30(15-17-34-2)24(32)13-12-23(31)29-22-7-3-4-14-27-22/h3-4,7-11,14,21,25H,5-6,12-13,15-18H2,1-2H3,(H,28,33)(H,27,29,31)/t21-,25-/m0/s1. The fourth-order valence-electron chi connectivity index (χ4n) is 3.93. The molecule has 1 aromatic carbocycles. The second kappa shape index (κ2) is 13.6. The van der Waals surface area contributed by atoms with E-state index in [4.69, 9.17) is 9.47 Å². The van der Waals surface area contributed by atoms with Crippen LogP contribution in [0.3, 0.4) is 0 Å². The fraction of sp³-hybridized carbons (Fsp3) is 0.462. The number of methoxy groups -OCH3 is 1. The van der Waals surface area contributed by atoms with Crippen molar-refractivity contribution < 1.29 is 23.9 Å². The van der Waals surface area contributed by atoms with Crippen molar-refractivity contribution in [2.45, 2.75) is 44.8 Å². The smallest absolute Gasteiger partial charge is 0.247 e. The van der Waals surface area contributed by atoms with Crippen LogP contribution in [0.5, 0.6) is 0 Å². The minimum atomic E-state index is -0.849. The van der Waals surface area contributed by atoms with Crippen molar-refractivity contribution in [3.63, 3.8) is 0 Å². The molecule has 1 aliphatic heterocycles. The highest BCUT2D eigenvalue weighted by molar-refractivity contribution is 5.94. The van der Waals surface area contributed by atoms with Crippen LogP contribution in [-0.2, 0) is 23.9 Å². The molecule has 3 rings (SSSR count). The molecule has 35 heavy (non-hydrogen) atoms. The molecule has 0 aliphatic carbocycles. The number of aryl methyl sites for hydroxylation is 1. The van der Waals surface area contributed by atoms with Gasteiger partial charge in [0, 0.05) is 45.8 Å². The van der Waals surface area contributed by atoms with Crippen molar-refractivity contribution >= 4 is 23.5 Å². The van der Waals surface area contributed by atoms with Gasteiger partial charge >= 0.3 is 0 Å². The molecule has 3 amide bonds. The maximum atomic E-state index is 13.4. The minimum Gasteiger partial charge on any atom is -0.383 e. The largest absolute Gasteiger partial charge is 0.383 e. The first-order chi connectivity index (χ1) is 17.0. The average Bonchev–Trinajstić information content (AvgIpc) is 3.39. The van der Waals surface area contributed by atoms with E-state index in [2.05, 4.69) is 15.6 Å². The molecule has 0 bridgehead atoms. The van der Waals surface area contributed by atoms with Crippen LogP contribution < -0.4 is 10.6 Å². The Labute approximate surface area is 206 Å². The summed E-state index contributed by atoms with van der Waals surface area (Å²) in [6.45, 7) is 3.52. The number of anilines is 1. The molecule has 2 aromatic rings. The maximum absolute atomic E-state index is 13.4. The molecule has 1 saturated heterocycles. The van der Waals surface area contributed by atoms with E-state index in [1.807, 2.05) is 31.2 Å². The Morgan fingerprint density at radius 1 is 1.17 bits per heavy atom. The number of carbonyl (C=O) groups excluding carboxylic acids is 3. The van der Waals surface area contributed by atoms with E-state index >= 15 is 0 Å². The summed E-state index contributed by atoms with van der Waals surface area (Å²) in [6, 6.07) is 11.9. The zero-order valence-electron chi connectivity index (χ0n) is 20.4. The van der Waals surface area contributed by atoms with Gasteiger partial charge in [0.1, 0.15) is 11.9 Å². The van der Waals surface area contributed by atoms with Crippen LogP contribution in [-0.4, -0.2) is 67.1 Å². The third-order valence-electron chi connectivity index (χ3n) is 5.84. The number of nitrogens with zero attached hydrogens (tertiary/aromatic N) is 2. The van der Waals surface area contributed by atoms with Crippen LogP contribution in [0.1, 0.15) is 42.9 Å². The van der Waals surface area contributed by atoms with E-state index in [1.54, 1.807) is 31.5 Å². The molecule has 0 spiro atoms. The van der Waals surface area contributed by atoms with Gasteiger partial charge in [-0.3, -0.25) is 14.4 Å². The molecule has 1 fully saturated rings. The fourth-order valence-corrected chi connectivity index (χ4v) is 3.93. The Kier molecular flexibility index (Phi) is 10.2. The highest BCUT2D eigenvalue weighted by Crippen LogP contribution is 2.24. The third-order valence-corrected chi connectivity index (χ3v) is 5.84. The first-order valence-electron chi connectivity index (χ1n) is 11.9. The van der Waals surface area contributed by atoms with Crippen LogP contribution in [0.25, 0.3) is 0 Å². The van der Waals surface area contributed by atoms with Gasteiger partial charge in [-0.1, -0.05) is 35.9 Å². The number of hydrogen-bond acceptors (Lipinski definition) is 6. The molecule has 2 N–H and O–H groups in total. The van der Waals surface area contributed by atoms with E-state index in [1.165, 1.54) is 4.90 Å². The summed E-state index contributed by atoms with van der Waals surface area (Å²) >= 11 is 0. The van der Waals surface area contributed by atoms with Gasteiger partial charge in [0.2, 0.25) is 17.7 Å². The summed E-state index contributed by atoms with van der Waals surface area (Å²) in [5, 5.41) is 5.64. The van der Waals surface area contributed by atoms with Crippen LogP contribution in [0.2, 0.25) is 0 Å². The van der Waals surface area contributed by atoms with E-state index in [-0.39, 0.29) is 49.8 Å². The lowest BCUT2D eigenvalue weighted by molar-refractivity contribution is -0.142. The van der Waals surface area contributed by atoms with Crippen LogP contribution in [0.15, 0.2) is 48.7 Å². The number of carbonyl (C=O) groups is 3. The predicted molar refractivity (Wildman–Crippen MR) is 132 cm³/mol. The molecule has 0 radical (unpaired) electrons. The minimum absolute atomic E-state index is 0.0176. The number of nitrogens with one attached hydrogen (secondary N) is 2. The number of aromatic nitrogens is 1. The Hall–Kier alpha value is -3.30. The summed E-state index contributed by atoms with van der Waals surface area (Å²) in [5.41, 5.74) is 1.75. The maximum Gasteiger partial charge on any atom is 0.247 e. The van der Waals surface area contributed by atoms with Crippen molar-refractivity contribution in [3.05, 3.63) is 59.8 Å². The van der Waals surface area contributed by atoms with Gasteiger partial charge in [-0.25, -0.2) is 4.98 Å². The Morgan fingerprint density at radius 2 is 1.97 bits per heavy atom. The second-order valence-corrected chi connectivity index (χ2v) is 8.54. The van der Waals surface area contributed by atoms with Gasteiger partial charge in [0.25, 0.3) is 0 Å². The van der Waals surface area contributed by atoms with E-state index in [0.29, 0.717) is 24.5 Å². The number of rotatable bonds is 12. The zero-order valence-corrected chi connectivity index (χ0v) is 20.4. The average molecular weight is 483 g/mol. The lowest BCUT2D eigenvalue weighted by Crippen LogP contribution is -2.46. The molecule has 2 heterocycles. The van der Waals surface area contributed by atoms with Crippen LogP contribution >= 0.6 is 0 Å². The normalized spacial score (nSPS) is 15.9. The molecule has 9 nitrogen and oxygen atoms in total. The zero-order chi connectivity index (χ0) is 25.0. The highest BCUT2D eigenvalue weighted by Gasteiger charge is 2.32. The number of amides is 3. The lowest BCUT2D eigenvalue weighted by atomic mass is 10.0. The van der Waals surface area contributed by atoms with Gasteiger partial charge in [-0.2, -0.15) is 0 Å². The monoisotopic (exact) mass is 482 g/mol. The van der Waals surface area contributed by atoms with Crippen molar-refractivity contribution in [1.82, 2.24) is 15.2 Å². The van der Waals surface area contributed by atoms with E-state index < -0.39 is 6.04 Å². The first kappa shape index (κ1) is 26.3. The van der Waals surface area contributed by atoms with Gasteiger partial charge in [-0.05, 0) is 37.5 Å². The molecule has 9 heteroatoms. The molecule has 0 saturated carbocycles. The van der Waals surface area contributed by atoms with Crippen LogP contribution in [0, 0.1) is 6.92 Å². The Morgan fingerprint density at radius 3 is 2.63 bits per heavy atom. The molecule has 0 unspecified atom stereocenters. The van der Waals surface area contributed by atoms with Crippen molar-refractivity contribution in [2.24, 2.45) is 0 Å². The van der Waals surface area contributed by atoms with Crippen molar-refractivity contribution in [2.75, 3.05) is 38.7 Å². The SMILES string of the molecule is COCCN(C(=O)CCC(=O)Nc1ccccn1)[C@H](C(=O)NC[C@@H]1CCCO1)c1ccc(C)cc1.